The Morgan fingerprint density at radius 2 is 0.947 bits per heavy atom. The number of fused-ring (bicyclic) bond motifs is 2. The van der Waals surface area contributed by atoms with Crippen LogP contribution in [0.15, 0.2) is 0 Å². The summed E-state index contributed by atoms with van der Waals surface area (Å²) in [7, 11) is 0. The summed E-state index contributed by atoms with van der Waals surface area (Å²) in [6, 6.07) is 0. The van der Waals surface area contributed by atoms with Crippen molar-refractivity contribution in [1.29, 1.82) is 0 Å². The summed E-state index contributed by atoms with van der Waals surface area (Å²) in [6.07, 6.45) is 23.0. The molecule has 0 aliphatic heterocycles. The summed E-state index contributed by atoms with van der Waals surface area (Å²) < 4.78 is 0. The second kappa shape index (κ2) is 8.52. The van der Waals surface area contributed by atoms with E-state index in [9.17, 15) is 0 Å². The van der Waals surface area contributed by atoms with Crippen LogP contribution in [-0.4, -0.2) is 0 Å². The van der Waals surface area contributed by atoms with Crippen LogP contribution >= 0.6 is 0 Å². The van der Waals surface area contributed by atoms with Gasteiger partial charge in [0, 0.05) is 32.7 Å². The molecule has 4 aliphatic carbocycles. The zero-order valence-electron chi connectivity index (χ0n) is 12.5. The molecule has 0 nitrogen and oxygen atoms in total. The fraction of sp³-hybridized carbons (Fsp3) is 0.889. The monoisotopic (exact) mass is 335 g/mol. The molecule has 1 radical (unpaired) electrons. The first-order valence-corrected chi connectivity index (χ1v) is 8.60. The van der Waals surface area contributed by atoms with Gasteiger partial charge in [0.1, 0.15) is 0 Å². The Kier molecular flexibility index (Phi) is 7.39. The summed E-state index contributed by atoms with van der Waals surface area (Å²) in [4.78, 5) is 0. The third-order valence-corrected chi connectivity index (χ3v) is 5.95. The van der Waals surface area contributed by atoms with Crippen molar-refractivity contribution >= 4 is 0 Å². The minimum atomic E-state index is 0. The summed E-state index contributed by atoms with van der Waals surface area (Å²) in [5, 5.41) is 0. The molecule has 0 amide bonds. The van der Waals surface area contributed by atoms with E-state index in [0.717, 1.165) is 23.7 Å². The summed E-state index contributed by atoms with van der Waals surface area (Å²) >= 11 is 0. The van der Waals surface area contributed by atoms with Gasteiger partial charge in [0.2, 0.25) is 0 Å². The van der Waals surface area contributed by atoms with Crippen LogP contribution in [-0.2, 0) is 32.7 Å². The third kappa shape index (κ3) is 4.54. The third-order valence-electron chi connectivity index (χ3n) is 5.95. The quantitative estimate of drug-likeness (QED) is 0.507. The van der Waals surface area contributed by atoms with Gasteiger partial charge in [-0.1, -0.05) is 76.0 Å². The molecule has 19 heavy (non-hydrogen) atoms. The van der Waals surface area contributed by atoms with E-state index in [2.05, 4.69) is 12.8 Å². The SMILES string of the molecule is [CH-]1CCC2CCCCC12.[CH-]1CCC2CCCCC12.[Y]. The average molecular weight is 335 g/mol. The van der Waals surface area contributed by atoms with Crippen molar-refractivity contribution in [3.8, 4) is 0 Å². The summed E-state index contributed by atoms with van der Waals surface area (Å²) in [6.45, 7) is 0. The topological polar surface area (TPSA) is 0 Å². The zero-order valence-corrected chi connectivity index (χ0v) is 15.4. The molecule has 0 aromatic heterocycles. The molecule has 0 N–H and O–H groups in total. The van der Waals surface area contributed by atoms with Crippen LogP contribution in [0.5, 0.6) is 0 Å². The van der Waals surface area contributed by atoms with Crippen LogP contribution in [0.4, 0.5) is 0 Å². The molecule has 1 heteroatoms. The van der Waals surface area contributed by atoms with Gasteiger partial charge in [0.15, 0.2) is 0 Å². The first-order valence-electron chi connectivity index (χ1n) is 8.60. The molecule has 4 aliphatic rings. The van der Waals surface area contributed by atoms with Gasteiger partial charge in [0.05, 0.1) is 0 Å². The normalized spacial score (nSPS) is 40.4. The van der Waals surface area contributed by atoms with Gasteiger partial charge in [-0.3, -0.25) is 0 Å². The average Bonchev–Trinajstić information content (AvgIpc) is 3.08. The van der Waals surface area contributed by atoms with Crippen molar-refractivity contribution in [2.45, 2.75) is 77.0 Å². The molecule has 107 valence electrons. The predicted molar refractivity (Wildman–Crippen MR) is 78.0 cm³/mol. The van der Waals surface area contributed by atoms with Crippen LogP contribution in [0.3, 0.4) is 0 Å². The Bertz CT molecular complexity index is 200. The van der Waals surface area contributed by atoms with Gasteiger partial charge in [-0.15, -0.1) is 0 Å². The second-order valence-electron chi connectivity index (χ2n) is 7.04. The minimum absolute atomic E-state index is 0. The van der Waals surface area contributed by atoms with E-state index in [1.165, 1.54) is 77.0 Å². The molecule has 0 bridgehead atoms. The Labute approximate surface area is 145 Å². The largest absolute Gasteiger partial charge is 0.325 e. The molecule has 0 saturated heterocycles. The maximum atomic E-state index is 2.56. The van der Waals surface area contributed by atoms with E-state index in [1.807, 2.05) is 0 Å². The molecule has 4 unspecified atom stereocenters. The van der Waals surface area contributed by atoms with E-state index < -0.39 is 0 Å². The molecule has 4 rings (SSSR count). The van der Waals surface area contributed by atoms with E-state index in [0.29, 0.717) is 0 Å². The number of rotatable bonds is 0. The summed E-state index contributed by atoms with van der Waals surface area (Å²) in [5.74, 6) is 4.30. The van der Waals surface area contributed by atoms with Crippen molar-refractivity contribution in [2.24, 2.45) is 23.7 Å². The molecule has 0 heterocycles. The first kappa shape index (κ1) is 16.5. The van der Waals surface area contributed by atoms with E-state index in [1.54, 1.807) is 0 Å². The van der Waals surface area contributed by atoms with Gasteiger partial charge < -0.3 is 12.8 Å². The zero-order chi connectivity index (χ0) is 12.2. The number of hydrogen-bond donors (Lipinski definition) is 0. The predicted octanol–water partition coefficient (Wildman–Crippen LogP) is 5.58. The van der Waals surface area contributed by atoms with Gasteiger partial charge in [-0.2, -0.15) is 24.7 Å². The van der Waals surface area contributed by atoms with Crippen LogP contribution in [0.1, 0.15) is 77.0 Å². The van der Waals surface area contributed by atoms with Crippen molar-refractivity contribution in [1.82, 2.24) is 0 Å². The molecule has 0 aromatic carbocycles. The van der Waals surface area contributed by atoms with Crippen molar-refractivity contribution in [3.05, 3.63) is 12.8 Å². The molecule has 4 fully saturated rings. The molecule has 0 spiro atoms. The van der Waals surface area contributed by atoms with Crippen LogP contribution in [0.25, 0.3) is 0 Å². The van der Waals surface area contributed by atoms with Crippen molar-refractivity contribution in [3.63, 3.8) is 0 Å². The molecule has 0 aromatic rings. The maximum Gasteiger partial charge on any atom is 0 e. The van der Waals surface area contributed by atoms with E-state index in [-0.39, 0.29) is 32.7 Å². The fourth-order valence-electron chi connectivity index (χ4n) is 4.86. The molecular weight excluding hydrogens is 305 g/mol. The number of hydrogen-bond acceptors (Lipinski definition) is 0. The van der Waals surface area contributed by atoms with Crippen LogP contribution < -0.4 is 0 Å². The summed E-state index contributed by atoms with van der Waals surface area (Å²) in [5.41, 5.74) is 0. The second-order valence-corrected chi connectivity index (χ2v) is 7.04. The molecule has 4 saturated carbocycles. The Balaban J connectivity index is 0.000000133. The molecule has 4 atom stereocenters. The standard InChI is InChI=1S/2C9H15.Y/c2*1-2-5-9-7-3-6-8(9)4-1;/h2*6,8-9H,1-5,7H2;/q2*-1;. The van der Waals surface area contributed by atoms with Crippen LogP contribution in [0, 0.1) is 36.5 Å². The van der Waals surface area contributed by atoms with Gasteiger partial charge in [-0.05, 0) is 0 Å². The van der Waals surface area contributed by atoms with Gasteiger partial charge in [-0.25, -0.2) is 0 Å². The minimum Gasteiger partial charge on any atom is -0.325 e. The maximum absolute atomic E-state index is 2.56. The first-order chi connectivity index (χ1) is 8.93. The Morgan fingerprint density at radius 1 is 0.526 bits per heavy atom. The van der Waals surface area contributed by atoms with Gasteiger partial charge >= 0.3 is 0 Å². The van der Waals surface area contributed by atoms with E-state index >= 15 is 0 Å². The molecular formula is C18H30Y-2. The van der Waals surface area contributed by atoms with Crippen molar-refractivity contribution in [2.75, 3.05) is 0 Å². The smallest absolute Gasteiger partial charge is 0 e. The van der Waals surface area contributed by atoms with Gasteiger partial charge in [0.25, 0.3) is 0 Å². The fourth-order valence-corrected chi connectivity index (χ4v) is 4.86. The van der Waals surface area contributed by atoms with E-state index in [4.69, 9.17) is 0 Å². The van der Waals surface area contributed by atoms with Crippen molar-refractivity contribution < 1.29 is 32.7 Å². The Hall–Kier alpha value is 1.10. The van der Waals surface area contributed by atoms with Crippen LogP contribution in [0.2, 0.25) is 0 Å². The Morgan fingerprint density at radius 3 is 1.37 bits per heavy atom.